The van der Waals surface area contributed by atoms with Crippen molar-refractivity contribution in [2.24, 2.45) is 11.7 Å². The van der Waals surface area contributed by atoms with Crippen LogP contribution >= 0.6 is 0 Å². The molecule has 0 saturated heterocycles. The molecule has 104 valence electrons. The minimum atomic E-state index is -1.30. The molecule has 0 aliphatic carbocycles. The number of nitrogens with one attached hydrogen (secondary N) is 1. The number of nitro groups is 1. The van der Waals surface area contributed by atoms with E-state index in [2.05, 4.69) is 5.32 Å². The monoisotopic (exact) mass is 273 g/mol. The first-order valence-corrected chi connectivity index (χ1v) is 5.44. The first-order valence-electron chi connectivity index (χ1n) is 5.44. The standard InChI is InChI=1S/C11H13F2N3O3/c1-5(6(2)14)11(17)15-9-4-10(16(18)19)8(13)3-7(9)12/h3-6H,14H2,1-2H3,(H,15,17). The van der Waals surface area contributed by atoms with E-state index >= 15 is 0 Å². The van der Waals surface area contributed by atoms with Crippen LogP contribution in [0.1, 0.15) is 13.8 Å². The number of rotatable bonds is 4. The van der Waals surface area contributed by atoms with E-state index in [1.54, 1.807) is 6.92 Å². The van der Waals surface area contributed by atoms with E-state index < -0.39 is 45.8 Å². The molecule has 2 unspecified atom stereocenters. The molecule has 19 heavy (non-hydrogen) atoms. The van der Waals surface area contributed by atoms with Crippen molar-refractivity contribution in [1.29, 1.82) is 0 Å². The summed E-state index contributed by atoms with van der Waals surface area (Å²) in [6.07, 6.45) is 0. The average molecular weight is 273 g/mol. The molecule has 0 spiro atoms. The molecule has 0 aromatic heterocycles. The first-order chi connectivity index (χ1) is 8.73. The average Bonchev–Trinajstić information content (AvgIpc) is 2.30. The Balaban J connectivity index is 3.05. The number of nitrogens with zero attached hydrogens (tertiary/aromatic N) is 1. The zero-order chi connectivity index (χ0) is 14.7. The number of hydrogen-bond acceptors (Lipinski definition) is 4. The maximum absolute atomic E-state index is 13.4. The molecule has 0 heterocycles. The Kier molecular flexibility index (Phi) is 4.49. The number of nitro benzene ring substituents is 1. The van der Waals surface area contributed by atoms with Crippen LogP contribution in [0.2, 0.25) is 0 Å². The molecule has 0 bridgehead atoms. The van der Waals surface area contributed by atoms with E-state index in [-0.39, 0.29) is 0 Å². The van der Waals surface area contributed by atoms with Crippen molar-refractivity contribution < 1.29 is 18.5 Å². The van der Waals surface area contributed by atoms with Gasteiger partial charge in [-0.25, -0.2) is 4.39 Å². The highest BCUT2D eigenvalue weighted by Crippen LogP contribution is 2.25. The Morgan fingerprint density at radius 3 is 2.42 bits per heavy atom. The summed E-state index contributed by atoms with van der Waals surface area (Å²) in [6.45, 7) is 3.11. The Morgan fingerprint density at radius 2 is 1.95 bits per heavy atom. The van der Waals surface area contributed by atoms with E-state index in [1.165, 1.54) is 6.92 Å². The van der Waals surface area contributed by atoms with E-state index in [0.717, 1.165) is 0 Å². The van der Waals surface area contributed by atoms with Crippen LogP contribution in [0.4, 0.5) is 20.2 Å². The van der Waals surface area contributed by atoms with E-state index in [1.807, 2.05) is 0 Å². The summed E-state index contributed by atoms with van der Waals surface area (Å²) < 4.78 is 26.5. The Morgan fingerprint density at radius 1 is 1.37 bits per heavy atom. The first kappa shape index (κ1) is 15.0. The fraction of sp³-hybridized carbons (Fsp3) is 0.364. The second-order valence-electron chi connectivity index (χ2n) is 4.18. The summed E-state index contributed by atoms with van der Waals surface area (Å²) in [4.78, 5) is 21.2. The molecule has 2 atom stereocenters. The SMILES string of the molecule is CC(N)C(C)C(=O)Nc1cc([N+](=O)[O-])c(F)cc1F. The molecule has 0 aliphatic rings. The fourth-order valence-electron chi connectivity index (χ4n) is 1.26. The second-order valence-corrected chi connectivity index (χ2v) is 4.18. The lowest BCUT2D eigenvalue weighted by molar-refractivity contribution is -0.387. The zero-order valence-corrected chi connectivity index (χ0v) is 10.3. The van der Waals surface area contributed by atoms with Crippen molar-refractivity contribution in [1.82, 2.24) is 0 Å². The van der Waals surface area contributed by atoms with E-state index in [9.17, 15) is 23.7 Å². The fourth-order valence-corrected chi connectivity index (χ4v) is 1.26. The molecule has 1 aromatic rings. The van der Waals surface area contributed by atoms with Gasteiger partial charge in [-0.1, -0.05) is 6.92 Å². The van der Waals surface area contributed by atoms with E-state index in [0.29, 0.717) is 12.1 Å². The smallest absolute Gasteiger partial charge is 0.307 e. The van der Waals surface area contributed by atoms with Crippen molar-refractivity contribution in [3.8, 4) is 0 Å². The summed E-state index contributed by atoms with van der Waals surface area (Å²) in [7, 11) is 0. The van der Waals surface area contributed by atoms with Crippen molar-refractivity contribution >= 4 is 17.3 Å². The van der Waals surface area contributed by atoms with Gasteiger partial charge in [0.15, 0.2) is 0 Å². The van der Waals surface area contributed by atoms with Crippen LogP contribution in [0.3, 0.4) is 0 Å². The van der Waals surface area contributed by atoms with Crippen molar-refractivity contribution in [2.45, 2.75) is 19.9 Å². The normalized spacial score (nSPS) is 13.7. The highest BCUT2D eigenvalue weighted by Gasteiger charge is 2.22. The number of hydrogen-bond donors (Lipinski definition) is 2. The molecule has 0 fully saturated rings. The van der Waals surface area contributed by atoms with Crippen molar-refractivity contribution in [3.05, 3.63) is 33.9 Å². The number of halogens is 2. The highest BCUT2D eigenvalue weighted by atomic mass is 19.1. The summed E-state index contributed by atoms with van der Waals surface area (Å²) in [5.74, 6) is -3.62. The van der Waals surface area contributed by atoms with Crippen molar-refractivity contribution in [3.63, 3.8) is 0 Å². The van der Waals surface area contributed by atoms with Gasteiger partial charge in [-0.05, 0) is 6.92 Å². The lowest BCUT2D eigenvalue weighted by Crippen LogP contribution is -2.34. The maximum atomic E-state index is 13.4. The Labute approximate surface area is 107 Å². The van der Waals surface area contributed by atoms with Gasteiger partial charge < -0.3 is 11.1 Å². The summed E-state index contributed by atoms with van der Waals surface area (Å²) in [5, 5.41) is 12.7. The third kappa shape index (κ3) is 3.44. The number of carbonyl (C=O) groups is 1. The highest BCUT2D eigenvalue weighted by molar-refractivity contribution is 5.93. The molecule has 6 nitrogen and oxygen atoms in total. The van der Waals surface area contributed by atoms with Crippen LogP contribution in [-0.4, -0.2) is 16.9 Å². The minimum Gasteiger partial charge on any atom is -0.327 e. The Bertz CT molecular complexity index is 520. The number of amides is 1. The van der Waals surface area contributed by atoms with Crippen molar-refractivity contribution in [2.75, 3.05) is 5.32 Å². The van der Waals surface area contributed by atoms with Gasteiger partial charge in [0.05, 0.1) is 16.5 Å². The second kappa shape index (κ2) is 5.70. The largest absolute Gasteiger partial charge is 0.327 e. The van der Waals surface area contributed by atoms with Gasteiger partial charge in [-0.15, -0.1) is 0 Å². The van der Waals surface area contributed by atoms with Gasteiger partial charge in [0.2, 0.25) is 11.7 Å². The van der Waals surface area contributed by atoms with Crippen LogP contribution in [0.5, 0.6) is 0 Å². The molecule has 8 heteroatoms. The molecule has 3 N–H and O–H groups in total. The third-order valence-electron chi connectivity index (χ3n) is 2.69. The van der Waals surface area contributed by atoms with E-state index in [4.69, 9.17) is 5.73 Å². The van der Waals surface area contributed by atoms with Gasteiger partial charge in [0.25, 0.3) is 0 Å². The van der Waals surface area contributed by atoms with Gasteiger partial charge in [-0.3, -0.25) is 14.9 Å². The van der Waals surface area contributed by atoms with Gasteiger partial charge in [0.1, 0.15) is 5.82 Å². The van der Waals surface area contributed by atoms with Crippen LogP contribution in [0.25, 0.3) is 0 Å². The molecular weight excluding hydrogens is 260 g/mol. The number of anilines is 1. The summed E-state index contributed by atoms with van der Waals surface area (Å²) in [5.41, 5.74) is 4.14. The zero-order valence-electron chi connectivity index (χ0n) is 10.3. The van der Waals surface area contributed by atoms with Crippen LogP contribution < -0.4 is 11.1 Å². The molecule has 1 amide bonds. The third-order valence-corrected chi connectivity index (χ3v) is 2.69. The molecule has 0 aliphatic heterocycles. The molecule has 1 aromatic carbocycles. The number of benzene rings is 1. The molecule has 0 radical (unpaired) electrons. The summed E-state index contributed by atoms with van der Waals surface area (Å²) >= 11 is 0. The minimum absolute atomic E-state index is 0.351. The lowest BCUT2D eigenvalue weighted by Gasteiger charge is -2.15. The number of nitrogens with two attached hydrogens (primary N) is 1. The van der Waals surface area contributed by atoms with Gasteiger partial charge in [0, 0.05) is 18.2 Å². The predicted molar refractivity (Wildman–Crippen MR) is 64.5 cm³/mol. The molecule has 1 rings (SSSR count). The predicted octanol–water partition coefficient (Wildman–Crippen LogP) is 1.79. The van der Waals surface area contributed by atoms with Crippen LogP contribution in [-0.2, 0) is 4.79 Å². The summed E-state index contributed by atoms with van der Waals surface area (Å²) in [6, 6.07) is 0.513. The lowest BCUT2D eigenvalue weighted by atomic mass is 10.0. The topological polar surface area (TPSA) is 98.3 Å². The van der Waals surface area contributed by atoms with Gasteiger partial charge >= 0.3 is 5.69 Å². The number of carbonyl (C=O) groups excluding carboxylic acids is 1. The van der Waals surface area contributed by atoms with Crippen LogP contribution in [0, 0.1) is 27.7 Å². The maximum Gasteiger partial charge on any atom is 0.307 e. The quantitative estimate of drug-likeness (QED) is 0.645. The van der Waals surface area contributed by atoms with Crippen LogP contribution in [0.15, 0.2) is 12.1 Å². The molecular formula is C11H13F2N3O3. The van der Waals surface area contributed by atoms with Gasteiger partial charge in [-0.2, -0.15) is 4.39 Å². The Hall–Kier alpha value is -2.09. The molecule has 0 saturated carbocycles.